The van der Waals surface area contributed by atoms with Crippen molar-refractivity contribution in [1.82, 2.24) is 5.32 Å². The summed E-state index contributed by atoms with van der Waals surface area (Å²) in [7, 11) is -0.279. The van der Waals surface area contributed by atoms with E-state index in [1.54, 1.807) is 20.3 Å². The molecule has 0 heterocycles. The summed E-state index contributed by atoms with van der Waals surface area (Å²) in [5, 5.41) is 13.4. The third kappa shape index (κ3) is 6.67. The molecule has 0 amide bonds. The molecule has 0 bridgehead atoms. The fraction of sp³-hybridized carbons (Fsp3) is 0.400. The van der Waals surface area contributed by atoms with Crippen LogP contribution in [0.15, 0.2) is 48.5 Å². The van der Waals surface area contributed by atoms with Crippen molar-refractivity contribution in [1.29, 1.82) is 0 Å². The second-order valence-electron chi connectivity index (χ2n) is 6.56. The highest BCUT2D eigenvalue weighted by molar-refractivity contribution is 7.57. The van der Waals surface area contributed by atoms with E-state index in [9.17, 15) is 14.6 Å². The second-order valence-corrected chi connectivity index (χ2v) is 8.94. The van der Waals surface area contributed by atoms with Crippen molar-refractivity contribution >= 4 is 7.37 Å². The quantitative estimate of drug-likeness (QED) is 0.538. The highest BCUT2D eigenvalue weighted by Gasteiger charge is 2.24. The fourth-order valence-corrected chi connectivity index (χ4v) is 4.62. The molecule has 0 aliphatic heterocycles. The highest BCUT2D eigenvalue weighted by atomic mass is 31.2. The molecule has 2 aromatic carbocycles. The lowest BCUT2D eigenvalue weighted by molar-refractivity contribution is 0.186. The maximum Gasteiger partial charge on any atom is 0.207 e. The van der Waals surface area contributed by atoms with Gasteiger partial charge in [0.25, 0.3) is 0 Å². The van der Waals surface area contributed by atoms with Crippen LogP contribution in [0.2, 0.25) is 0 Å². The number of hydrogen-bond donors (Lipinski definition) is 3. The number of aliphatic hydroxyl groups is 1. The Hall–Kier alpha value is -1.85. The zero-order chi connectivity index (χ0) is 19.9. The normalized spacial score (nSPS) is 15.6. The fourth-order valence-electron chi connectivity index (χ4n) is 2.93. The van der Waals surface area contributed by atoms with Gasteiger partial charge < -0.3 is 24.8 Å². The molecule has 148 valence electrons. The van der Waals surface area contributed by atoms with Gasteiger partial charge >= 0.3 is 0 Å². The van der Waals surface area contributed by atoms with E-state index in [1.807, 2.05) is 49.4 Å². The summed E-state index contributed by atoms with van der Waals surface area (Å²) in [5.41, 5.74) is 1.71. The second kappa shape index (κ2) is 9.90. The minimum Gasteiger partial charge on any atom is -0.497 e. The Kier molecular flexibility index (Phi) is 7.87. The topological polar surface area (TPSA) is 88.0 Å². The predicted molar refractivity (Wildman–Crippen MR) is 107 cm³/mol. The first-order valence-corrected chi connectivity index (χ1v) is 10.9. The molecule has 0 radical (unpaired) electrons. The first-order chi connectivity index (χ1) is 12.8. The first kappa shape index (κ1) is 21.5. The lowest BCUT2D eigenvalue weighted by Crippen LogP contribution is -2.31. The molecule has 2 unspecified atom stereocenters. The van der Waals surface area contributed by atoms with Crippen LogP contribution in [0.25, 0.3) is 0 Å². The molecule has 2 aromatic rings. The van der Waals surface area contributed by atoms with Crippen molar-refractivity contribution in [3.63, 3.8) is 0 Å². The van der Waals surface area contributed by atoms with E-state index in [-0.39, 0.29) is 24.9 Å². The van der Waals surface area contributed by atoms with Crippen LogP contribution < -0.4 is 14.8 Å². The third-order valence-electron chi connectivity index (χ3n) is 4.34. The van der Waals surface area contributed by atoms with Crippen molar-refractivity contribution in [3.05, 3.63) is 59.7 Å². The molecular formula is C20H28NO5P. The van der Waals surface area contributed by atoms with Gasteiger partial charge in [0, 0.05) is 30.4 Å². The van der Waals surface area contributed by atoms with Gasteiger partial charge in [0.05, 0.1) is 26.5 Å². The molecule has 3 atom stereocenters. The molecule has 0 fully saturated rings. The lowest BCUT2D eigenvalue weighted by atomic mass is 10.1. The lowest BCUT2D eigenvalue weighted by Gasteiger charge is -2.21. The van der Waals surface area contributed by atoms with E-state index in [0.29, 0.717) is 11.5 Å². The van der Waals surface area contributed by atoms with Gasteiger partial charge in [-0.25, -0.2) is 0 Å². The summed E-state index contributed by atoms with van der Waals surface area (Å²) in [5.74, 6) is 1.38. The Morgan fingerprint density at radius 2 is 1.81 bits per heavy atom. The molecule has 0 aliphatic rings. The van der Waals surface area contributed by atoms with Crippen LogP contribution in [0.5, 0.6) is 11.5 Å². The van der Waals surface area contributed by atoms with Gasteiger partial charge in [0.15, 0.2) is 0 Å². The SMILES string of the molecule is COc1ccc(C(C)NC[C@H](O)CP(=O)(O)Cc2ccccc2)c(OC)c1. The minimum absolute atomic E-state index is 0.0623. The number of aliphatic hydroxyl groups excluding tert-OH is 1. The van der Waals surface area contributed by atoms with Crippen LogP contribution in [0.3, 0.4) is 0 Å². The van der Waals surface area contributed by atoms with E-state index in [1.165, 1.54) is 0 Å². The van der Waals surface area contributed by atoms with Crippen molar-refractivity contribution < 1.29 is 24.0 Å². The number of methoxy groups -OCH3 is 2. The molecule has 27 heavy (non-hydrogen) atoms. The van der Waals surface area contributed by atoms with E-state index >= 15 is 0 Å². The van der Waals surface area contributed by atoms with Crippen molar-refractivity contribution in [2.45, 2.75) is 25.2 Å². The molecule has 6 nitrogen and oxygen atoms in total. The summed E-state index contributed by atoms with van der Waals surface area (Å²) in [4.78, 5) is 10.2. The van der Waals surface area contributed by atoms with E-state index in [4.69, 9.17) is 9.47 Å². The molecule has 0 saturated carbocycles. The standard InChI is InChI=1S/C20H28NO5P/c1-15(19-10-9-18(25-2)11-20(19)26-3)21-12-17(22)14-27(23,24)13-16-7-5-4-6-8-16/h4-11,15,17,21-22H,12-14H2,1-3H3,(H,23,24)/t15?,17-/m0/s1. The van der Waals surface area contributed by atoms with Crippen LogP contribution in [-0.2, 0) is 10.7 Å². The van der Waals surface area contributed by atoms with Gasteiger partial charge in [0.1, 0.15) is 11.5 Å². The number of rotatable bonds is 10. The van der Waals surface area contributed by atoms with Crippen LogP contribution >= 0.6 is 7.37 Å². The zero-order valence-electron chi connectivity index (χ0n) is 16.0. The molecule has 0 aliphatic carbocycles. The van der Waals surface area contributed by atoms with E-state index in [2.05, 4.69) is 5.32 Å². The molecule has 7 heteroatoms. The van der Waals surface area contributed by atoms with Crippen molar-refractivity contribution in [2.75, 3.05) is 26.9 Å². The van der Waals surface area contributed by atoms with Crippen molar-refractivity contribution in [3.8, 4) is 11.5 Å². The summed E-state index contributed by atoms with van der Waals surface area (Å²) >= 11 is 0. The Morgan fingerprint density at radius 1 is 1.11 bits per heavy atom. The molecular weight excluding hydrogens is 365 g/mol. The van der Waals surface area contributed by atoms with Gasteiger partial charge in [-0.15, -0.1) is 0 Å². The van der Waals surface area contributed by atoms with Gasteiger partial charge in [-0.3, -0.25) is 4.57 Å². The Balaban J connectivity index is 1.91. The summed E-state index contributed by atoms with van der Waals surface area (Å²) in [6.45, 7) is 2.15. The average Bonchev–Trinajstić information content (AvgIpc) is 2.65. The summed E-state index contributed by atoms with van der Waals surface area (Å²) < 4.78 is 23.0. The van der Waals surface area contributed by atoms with Gasteiger partial charge in [0.2, 0.25) is 7.37 Å². The summed E-state index contributed by atoms with van der Waals surface area (Å²) in [6.07, 6.45) is -1.01. The predicted octanol–water partition coefficient (Wildman–Crippen LogP) is 3.19. The van der Waals surface area contributed by atoms with Gasteiger partial charge in [-0.2, -0.15) is 0 Å². The Morgan fingerprint density at radius 3 is 2.44 bits per heavy atom. The maximum absolute atomic E-state index is 12.4. The number of benzene rings is 2. The van der Waals surface area contributed by atoms with Crippen molar-refractivity contribution in [2.24, 2.45) is 0 Å². The number of ether oxygens (including phenoxy) is 2. The number of nitrogens with one attached hydrogen (secondary N) is 1. The summed E-state index contributed by atoms with van der Waals surface area (Å²) in [6, 6.07) is 14.6. The van der Waals surface area contributed by atoms with Crippen LogP contribution in [0.4, 0.5) is 0 Å². The zero-order valence-corrected chi connectivity index (χ0v) is 16.9. The van der Waals surface area contributed by atoms with Crippen LogP contribution in [-0.4, -0.2) is 43.0 Å². The van der Waals surface area contributed by atoms with Crippen LogP contribution in [0, 0.1) is 0 Å². The Bertz CT molecular complexity index is 768. The van der Waals surface area contributed by atoms with Crippen LogP contribution in [0.1, 0.15) is 24.1 Å². The smallest absolute Gasteiger partial charge is 0.207 e. The largest absolute Gasteiger partial charge is 0.497 e. The van der Waals surface area contributed by atoms with E-state index in [0.717, 1.165) is 11.1 Å². The number of hydrogen-bond acceptors (Lipinski definition) is 5. The maximum atomic E-state index is 12.4. The minimum atomic E-state index is -3.46. The molecule has 0 aromatic heterocycles. The van der Waals surface area contributed by atoms with Gasteiger partial charge in [-0.05, 0) is 18.6 Å². The highest BCUT2D eigenvalue weighted by Crippen LogP contribution is 2.44. The monoisotopic (exact) mass is 393 g/mol. The van der Waals surface area contributed by atoms with E-state index < -0.39 is 13.5 Å². The molecule has 0 spiro atoms. The molecule has 0 saturated heterocycles. The van der Waals surface area contributed by atoms with Gasteiger partial charge in [-0.1, -0.05) is 36.4 Å². The Labute approximate surface area is 160 Å². The average molecular weight is 393 g/mol. The molecule has 3 N–H and O–H groups in total. The third-order valence-corrected chi connectivity index (χ3v) is 6.19. The first-order valence-electron chi connectivity index (χ1n) is 8.82. The molecule has 2 rings (SSSR count).